The van der Waals surface area contributed by atoms with Crippen molar-refractivity contribution < 1.29 is 0 Å². The molecule has 0 saturated heterocycles. The molecule has 0 bridgehead atoms. The average molecular weight is 166 g/mol. The van der Waals surface area contributed by atoms with Gasteiger partial charge in [-0.2, -0.15) is 0 Å². The van der Waals surface area contributed by atoms with Crippen LogP contribution in [0.15, 0.2) is 10.9 Å². The molecule has 3 nitrogen and oxygen atoms in total. The van der Waals surface area contributed by atoms with E-state index in [9.17, 15) is 4.79 Å². The van der Waals surface area contributed by atoms with Crippen LogP contribution in [-0.2, 0) is 7.05 Å². The Morgan fingerprint density at radius 1 is 1.50 bits per heavy atom. The fraction of sp³-hybridized carbons (Fsp3) is 0.556. The number of hydrogen-bond acceptors (Lipinski definition) is 2. The smallest absolute Gasteiger partial charge is 0.253 e. The second-order valence-corrected chi connectivity index (χ2v) is 3.28. The lowest BCUT2D eigenvalue weighted by atomic mass is 10.1. The lowest BCUT2D eigenvalue weighted by Crippen LogP contribution is -2.21. The van der Waals surface area contributed by atoms with E-state index in [4.69, 9.17) is 0 Å². The summed E-state index contributed by atoms with van der Waals surface area (Å²) in [7, 11) is 1.73. The highest BCUT2D eigenvalue weighted by Gasteiger charge is 2.04. The van der Waals surface area contributed by atoms with E-state index in [-0.39, 0.29) is 5.56 Å². The summed E-state index contributed by atoms with van der Waals surface area (Å²) >= 11 is 0. The molecule has 0 unspecified atom stereocenters. The molecule has 0 aromatic carbocycles. The Hall–Kier alpha value is -1.12. The van der Waals surface area contributed by atoms with Gasteiger partial charge in [0.15, 0.2) is 0 Å². The van der Waals surface area contributed by atoms with E-state index >= 15 is 0 Å². The van der Waals surface area contributed by atoms with E-state index in [0.717, 1.165) is 11.5 Å². The van der Waals surface area contributed by atoms with Gasteiger partial charge in [-0.3, -0.25) is 4.79 Å². The molecule has 1 aromatic rings. The average Bonchev–Trinajstić information content (AvgIpc) is 1.99. The van der Waals surface area contributed by atoms with Crippen molar-refractivity contribution >= 4 is 0 Å². The van der Waals surface area contributed by atoms with E-state index in [2.05, 4.69) is 4.98 Å². The van der Waals surface area contributed by atoms with Gasteiger partial charge in [-0.25, -0.2) is 4.98 Å². The van der Waals surface area contributed by atoms with Gasteiger partial charge >= 0.3 is 0 Å². The standard InChI is InChI=1S/C9H14N2O/c1-6(2)8-5-9(12)11(4)7(3)10-8/h5-6H,1-4H3. The third kappa shape index (κ3) is 1.55. The molecule has 66 valence electrons. The van der Waals surface area contributed by atoms with Crippen molar-refractivity contribution in [2.75, 3.05) is 0 Å². The molecule has 0 saturated carbocycles. The molecule has 1 aromatic heterocycles. The van der Waals surface area contributed by atoms with Crippen LogP contribution < -0.4 is 5.56 Å². The summed E-state index contributed by atoms with van der Waals surface area (Å²) in [4.78, 5) is 15.6. The van der Waals surface area contributed by atoms with Gasteiger partial charge in [0.05, 0.1) is 5.69 Å². The van der Waals surface area contributed by atoms with Gasteiger partial charge in [-0.1, -0.05) is 13.8 Å². The molecule has 0 aliphatic heterocycles. The number of nitrogens with zero attached hydrogens (tertiary/aromatic N) is 2. The molecule has 0 radical (unpaired) electrons. The number of hydrogen-bond donors (Lipinski definition) is 0. The number of aryl methyl sites for hydroxylation is 1. The fourth-order valence-electron chi connectivity index (χ4n) is 0.973. The molecule has 3 heteroatoms. The molecule has 0 N–H and O–H groups in total. The van der Waals surface area contributed by atoms with E-state index < -0.39 is 0 Å². The van der Waals surface area contributed by atoms with Gasteiger partial charge < -0.3 is 4.57 Å². The van der Waals surface area contributed by atoms with Crippen molar-refractivity contribution in [3.63, 3.8) is 0 Å². The van der Waals surface area contributed by atoms with Gasteiger partial charge in [0.1, 0.15) is 5.82 Å². The third-order valence-corrected chi connectivity index (χ3v) is 1.97. The molecule has 0 aliphatic carbocycles. The number of rotatable bonds is 1. The first-order chi connectivity index (χ1) is 5.52. The second kappa shape index (κ2) is 3.09. The van der Waals surface area contributed by atoms with Gasteiger partial charge in [0.2, 0.25) is 0 Å². The first-order valence-corrected chi connectivity index (χ1v) is 4.07. The van der Waals surface area contributed by atoms with E-state index in [0.29, 0.717) is 5.92 Å². The molecular weight excluding hydrogens is 152 g/mol. The normalized spacial score (nSPS) is 10.8. The van der Waals surface area contributed by atoms with E-state index in [1.807, 2.05) is 20.8 Å². The van der Waals surface area contributed by atoms with Crippen molar-refractivity contribution in [3.8, 4) is 0 Å². The van der Waals surface area contributed by atoms with Crippen molar-refractivity contribution in [1.82, 2.24) is 9.55 Å². The Balaban J connectivity index is 3.31. The Morgan fingerprint density at radius 3 is 2.50 bits per heavy atom. The van der Waals surface area contributed by atoms with Crippen LogP contribution in [0.4, 0.5) is 0 Å². The molecule has 0 aliphatic rings. The van der Waals surface area contributed by atoms with Crippen LogP contribution in [0.3, 0.4) is 0 Å². The summed E-state index contributed by atoms with van der Waals surface area (Å²) in [6.45, 7) is 5.90. The summed E-state index contributed by atoms with van der Waals surface area (Å²) in [5, 5.41) is 0. The summed E-state index contributed by atoms with van der Waals surface area (Å²) < 4.78 is 1.55. The maximum absolute atomic E-state index is 11.3. The highest BCUT2D eigenvalue weighted by Crippen LogP contribution is 2.08. The predicted molar refractivity (Wildman–Crippen MR) is 48.3 cm³/mol. The quantitative estimate of drug-likeness (QED) is 0.628. The highest BCUT2D eigenvalue weighted by atomic mass is 16.1. The topological polar surface area (TPSA) is 34.9 Å². The lowest BCUT2D eigenvalue weighted by Gasteiger charge is -2.07. The van der Waals surface area contributed by atoms with Crippen LogP contribution >= 0.6 is 0 Å². The van der Waals surface area contributed by atoms with Crippen molar-refractivity contribution in [2.45, 2.75) is 26.7 Å². The monoisotopic (exact) mass is 166 g/mol. The minimum Gasteiger partial charge on any atom is -0.300 e. The van der Waals surface area contributed by atoms with Crippen LogP contribution in [-0.4, -0.2) is 9.55 Å². The van der Waals surface area contributed by atoms with E-state index in [1.54, 1.807) is 17.7 Å². The maximum atomic E-state index is 11.3. The molecular formula is C9H14N2O. The molecule has 12 heavy (non-hydrogen) atoms. The van der Waals surface area contributed by atoms with Crippen LogP contribution in [0.2, 0.25) is 0 Å². The van der Waals surface area contributed by atoms with Gasteiger partial charge in [-0.05, 0) is 12.8 Å². The third-order valence-electron chi connectivity index (χ3n) is 1.97. The summed E-state index contributed by atoms with van der Waals surface area (Å²) in [6.07, 6.45) is 0. The lowest BCUT2D eigenvalue weighted by molar-refractivity contribution is 0.722. The zero-order valence-corrected chi connectivity index (χ0v) is 7.96. The predicted octanol–water partition coefficient (Wildman–Crippen LogP) is 1.21. The van der Waals surface area contributed by atoms with Crippen molar-refractivity contribution in [3.05, 3.63) is 27.9 Å². The summed E-state index contributed by atoms with van der Waals surface area (Å²) in [5.74, 6) is 1.09. The van der Waals surface area contributed by atoms with Crippen LogP contribution in [0, 0.1) is 6.92 Å². The Kier molecular flexibility index (Phi) is 2.31. The Labute approximate surface area is 72.1 Å². The largest absolute Gasteiger partial charge is 0.300 e. The molecule has 0 fully saturated rings. The first-order valence-electron chi connectivity index (χ1n) is 4.07. The fourth-order valence-corrected chi connectivity index (χ4v) is 0.973. The zero-order valence-electron chi connectivity index (χ0n) is 7.96. The molecule has 0 amide bonds. The Morgan fingerprint density at radius 2 is 2.08 bits per heavy atom. The van der Waals surface area contributed by atoms with Crippen LogP contribution in [0.5, 0.6) is 0 Å². The summed E-state index contributed by atoms with van der Waals surface area (Å²) in [5.41, 5.74) is 0.891. The minimum absolute atomic E-state index is 0.0196. The molecule has 1 rings (SSSR count). The van der Waals surface area contributed by atoms with Gasteiger partial charge in [0.25, 0.3) is 5.56 Å². The first kappa shape index (κ1) is 8.97. The van der Waals surface area contributed by atoms with Crippen molar-refractivity contribution in [2.24, 2.45) is 7.05 Å². The van der Waals surface area contributed by atoms with E-state index in [1.165, 1.54) is 0 Å². The Bertz CT molecular complexity index is 339. The molecule has 1 heterocycles. The molecule has 0 spiro atoms. The molecule has 0 atom stereocenters. The van der Waals surface area contributed by atoms with Crippen LogP contribution in [0.1, 0.15) is 31.3 Å². The number of aromatic nitrogens is 2. The van der Waals surface area contributed by atoms with Crippen LogP contribution in [0.25, 0.3) is 0 Å². The minimum atomic E-state index is 0.0196. The van der Waals surface area contributed by atoms with Crippen molar-refractivity contribution in [1.29, 1.82) is 0 Å². The zero-order chi connectivity index (χ0) is 9.30. The second-order valence-electron chi connectivity index (χ2n) is 3.28. The maximum Gasteiger partial charge on any atom is 0.253 e. The highest BCUT2D eigenvalue weighted by molar-refractivity contribution is 5.07. The van der Waals surface area contributed by atoms with Gasteiger partial charge in [0, 0.05) is 13.1 Å². The van der Waals surface area contributed by atoms with Gasteiger partial charge in [-0.15, -0.1) is 0 Å². The SMILES string of the molecule is Cc1nc(C(C)C)cc(=O)n1C. The summed E-state index contributed by atoms with van der Waals surface area (Å²) in [6, 6.07) is 1.59.